The van der Waals surface area contributed by atoms with Crippen molar-refractivity contribution in [3.05, 3.63) is 35.9 Å². The summed E-state index contributed by atoms with van der Waals surface area (Å²) in [5.74, 6) is 0. The Balaban J connectivity index is 2.35. The summed E-state index contributed by atoms with van der Waals surface area (Å²) >= 11 is 11.3. The normalized spacial score (nSPS) is 31.6. The van der Waals surface area contributed by atoms with E-state index in [1.54, 1.807) is 24.3 Å². The van der Waals surface area contributed by atoms with Crippen LogP contribution in [0.25, 0.3) is 0 Å². The summed E-state index contributed by atoms with van der Waals surface area (Å²) in [5, 5.41) is 0. The van der Waals surface area contributed by atoms with E-state index >= 15 is 0 Å². The standard InChI is InChI=1S/C9H7Cl2F/c10-9(11)6-8(9,12)7-4-2-1-3-5-7/h1-5H,6H2/t8-/m0/s1. The van der Waals surface area contributed by atoms with Crippen LogP contribution in [0.3, 0.4) is 0 Å². The van der Waals surface area contributed by atoms with Gasteiger partial charge in [0.1, 0.15) is 0 Å². The van der Waals surface area contributed by atoms with Gasteiger partial charge in [-0.3, -0.25) is 0 Å². The van der Waals surface area contributed by atoms with Crippen LogP contribution in [0.4, 0.5) is 4.39 Å². The molecular weight excluding hydrogens is 198 g/mol. The van der Waals surface area contributed by atoms with Gasteiger partial charge >= 0.3 is 0 Å². The summed E-state index contributed by atoms with van der Waals surface area (Å²) in [6.45, 7) is 0. The molecule has 0 spiro atoms. The number of hydrogen-bond acceptors (Lipinski definition) is 0. The van der Waals surface area contributed by atoms with E-state index < -0.39 is 10.0 Å². The Hall–Kier alpha value is -0.270. The first-order valence-electron chi connectivity index (χ1n) is 3.68. The molecule has 1 saturated carbocycles. The van der Waals surface area contributed by atoms with Gasteiger partial charge in [0.25, 0.3) is 0 Å². The maximum atomic E-state index is 13.7. The number of hydrogen-bond donors (Lipinski definition) is 0. The average molecular weight is 205 g/mol. The molecule has 0 radical (unpaired) electrons. The van der Waals surface area contributed by atoms with Crippen molar-refractivity contribution in [3.8, 4) is 0 Å². The van der Waals surface area contributed by atoms with Gasteiger partial charge in [-0.25, -0.2) is 4.39 Å². The van der Waals surface area contributed by atoms with Gasteiger partial charge in [0, 0.05) is 6.42 Å². The molecule has 0 bridgehead atoms. The number of rotatable bonds is 1. The zero-order chi connectivity index (χ0) is 8.82. The molecule has 0 heterocycles. The Bertz CT molecular complexity index is 297. The van der Waals surface area contributed by atoms with Crippen LogP contribution in [0.5, 0.6) is 0 Å². The third kappa shape index (κ3) is 1.04. The molecule has 0 aliphatic heterocycles. The zero-order valence-electron chi connectivity index (χ0n) is 6.23. The van der Waals surface area contributed by atoms with Crippen LogP contribution >= 0.6 is 23.2 Å². The molecule has 1 aromatic rings. The van der Waals surface area contributed by atoms with E-state index in [1.165, 1.54) is 0 Å². The van der Waals surface area contributed by atoms with Crippen molar-refractivity contribution < 1.29 is 4.39 Å². The predicted molar refractivity (Wildman–Crippen MR) is 48.3 cm³/mol. The summed E-state index contributed by atoms with van der Waals surface area (Å²) in [7, 11) is 0. The van der Waals surface area contributed by atoms with Crippen LogP contribution in [0.2, 0.25) is 0 Å². The smallest absolute Gasteiger partial charge is 0.171 e. The van der Waals surface area contributed by atoms with E-state index in [1.807, 2.05) is 6.07 Å². The highest BCUT2D eigenvalue weighted by Gasteiger charge is 2.69. The second-order valence-corrected chi connectivity index (χ2v) is 4.53. The Kier molecular flexibility index (Phi) is 1.64. The predicted octanol–water partition coefficient (Wildman–Crippen LogP) is 3.43. The lowest BCUT2D eigenvalue weighted by molar-refractivity contribution is 0.312. The van der Waals surface area contributed by atoms with Crippen molar-refractivity contribution in [2.45, 2.75) is 16.4 Å². The second-order valence-electron chi connectivity index (χ2n) is 3.05. The minimum absolute atomic E-state index is 0.188. The Morgan fingerprint density at radius 2 is 1.67 bits per heavy atom. The summed E-state index contributed by atoms with van der Waals surface area (Å²) in [6, 6.07) is 8.79. The van der Waals surface area contributed by atoms with Gasteiger partial charge in [-0.05, 0) is 5.56 Å². The van der Waals surface area contributed by atoms with Crippen LogP contribution in [-0.4, -0.2) is 4.33 Å². The largest absolute Gasteiger partial charge is 0.235 e. The van der Waals surface area contributed by atoms with Gasteiger partial charge < -0.3 is 0 Å². The highest BCUT2D eigenvalue weighted by Crippen LogP contribution is 2.65. The summed E-state index contributed by atoms with van der Waals surface area (Å²) in [5.41, 5.74) is -0.966. The number of alkyl halides is 3. The molecule has 0 N–H and O–H groups in total. The Labute approximate surface area is 80.3 Å². The van der Waals surface area contributed by atoms with Crippen molar-refractivity contribution in [1.82, 2.24) is 0 Å². The third-order valence-electron chi connectivity index (χ3n) is 2.15. The van der Waals surface area contributed by atoms with Crippen molar-refractivity contribution >= 4 is 23.2 Å². The highest BCUT2D eigenvalue weighted by molar-refractivity contribution is 6.52. The van der Waals surface area contributed by atoms with Crippen LogP contribution in [0.1, 0.15) is 12.0 Å². The van der Waals surface area contributed by atoms with Gasteiger partial charge in [0.05, 0.1) is 0 Å². The lowest BCUT2D eigenvalue weighted by atomic mass is 10.1. The van der Waals surface area contributed by atoms with E-state index in [0.29, 0.717) is 5.56 Å². The molecule has 0 nitrogen and oxygen atoms in total. The summed E-state index contributed by atoms with van der Waals surface area (Å²) in [4.78, 5) is 0. The molecule has 0 saturated heterocycles. The highest BCUT2D eigenvalue weighted by atomic mass is 35.5. The lowest BCUT2D eigenvalue weighted by Crippen LogP contribution is -2.07. The van der Waals surface area contributed by atoms with Gasteiger partial charge in [-0.15, -0.1) is 0 Å². The van der Waals surface area contributed by atoms with E-state index in [2.05, 4.69) is 0 Å². The van der Waals surface area contributed by atoms with E-state index in [-0.39, 0.29) is 6.42 Å². The lowest BCUT2D eigenvalue weighted by Gasteiger charge is -2.07. The van der Waals surface area contributed by atoms with Crippen LogP contribution in [0.15, 0.2) is 30.3 Å². The second kappa shape index (κ2) is 2.36. The molecule has 1 aliphatic carbocycles. The molecule has 1 fully saturated rings. The number of halogens is 3. The van der Waals surface area contributed by atoms with Crippen molar-refractivity contribution in [2.75, 3.05) is 0 Å². The van der Waals surface area contributed by atoms with Crippen molar-refractivity contribution in [2.24, 2.45) is 0 Å². The molecule has 64 valence electrons. The fourth-order valence-electron chi connectivity index (χ4n) is 1.28. The van der Waals surface area contributed by atoms with Gasteiger partial charge in [-0.2, -0.15) is 0 Å². The maximum Gasteiger partial charge on any atom is 0.171 e. The third-order valence-corrected chi connectivity index (χ3v) is 3.02. The molecule has 2 rings (SSSR count). The monoisotopic (exact) mass is 204 g/mol. The van der Waals surface area contributed by atoms with Crippen molar-refractivity contribution in [3.63, 3.8) is 0 Å². The van der Waals surface area contributed by atoms with Crippen LogP contribution < -0.4 is 0 Å². The van der Waals surface area contributed by atoms with E-state index in [0.717, 1.165) is 0 Å². The van der Waals surface area contributed by atoms with Gasteiger partial charge in [0.2, 0.25) is 0 Å². The molecule has 1 aliphatic rings. The quantitative estimate of drug-likeness (QED) is 0.616. The minimum Gasteiger partial charge on any atom is -0.235 e. The molecular formula is C9H7Cl2F. The van der Waals surface area contributed by atoms with Crippen LogP contribution in [-0.2, 0) is 5.67 Å². The topological polar surface area (TPSA) is 0 Å². The SMILES string of the molecule is F[C@]1(c2ccccc2)CC1(Cl)Cl. The summed E-state index contributed by atoms with van der Waals surface area (Å²) < 4.78 is 12.5. The zero-order valence-corrected chi connectivity index (χ0v) is 7.74. The molecule has 12 heavy (non-hydrogen) atoms. The fraction of sp³-hybridized carbons (Fsp3) is 0.333. The van der Waals surface area contributed by atoms with Gasteiger partial charge in [-0.1, -0.05) is 53.5 Å². The minimum atomic E-state index is -1.53. The maximum absolute atomic E-state index is 13.7. The molecule has 3 heteroatoms. The first-order valence-corrected chi connectivity index (χ1v) is 4.44. The van der Waals surface area contributed by atoms with E-state index in [4.69, 9.17) is 23.2 Å². The first-order chi connectivity index (χ1) is 5.56. The van der Waals surface area contributed by atoms with Gasteiger partial charge in [0.15, 0.2) is 10.0 Å². The Morgan fingerprint density at radius 3 is 2.08 bits per heavy atom. The molecule has 0 aromatic heterocycles. The molecule has 0 unspecified atom stereocenters. The first kappa shape index (κ1) is 8.33. The molecule has 1 atom stereocenters. The molecule has 0 amide bonds. The molecule has 1 aromatic carbocycles. The van der Waals surface area contributed by atoms with Crippen molar-refractivity contribution in [1.29, 1.82) is 0 Å². The van der Waals surface area contributed by atoms with Crippen LogP contribution in [0, 0.1) is 0 Å². The fourth-order valence-corrected chi connectivity index (χ4v) is 1.86. The average Bonchev–Trinajstić information content (AvgIpc) is 2.55. The summed E-state index contributed by atoms with van der Waals surface area (Å²) in [6.07, 6.45) is 0.188. The Morgan fingerprint density at radius 1 is 1.17 bits per heavy atom. The van der Waals surface area contributed by atoms with E-state index in [9.17, 15) is 4.39 Å². The number of benzene rings is 1.